The predicted molar refractivity (Wildman–Crippen MR) is 75.8 cm³/mol. The lowest BCUT2D eigenvalue weighted by Crippen LogP contribution is -2.34. The maximum atomic E-state index is 12.6. The summed E-state index contributed by atoms with van der Waals surface area (Å²) in [4.78, 5) is 9.39. The fourth-order valence-electron chi connectivity index (χ4n) is 1.90. The second-order valence-electron chi connectivity index (χ2n) is 4.47. The van der Waals surface area contributed by atoms with E-state index in [9.17, 15) is 13.2 Å². The van der Waals surface area contributed by atoms with E-state index in [-0.39, 0.29) is 18.2 Å². The van der Waals surface area contributed by atoms with Crippen molar-refractivity contribution in [3.05, 3.63) is 36.4 Å². The first-order valence-electron chi connectivity index (χ1n) is 6.40. The Balaban J connectivity index is 2.38. The molecule has 0 aliphatic rings. The molecule has 0 saturated heterocycles. The fraction of sp³-hybridized carbons (Fsp3) is 0.286. The van der Waals surface area contributed by atoms with E-state index in [0.29, 0.717) is 11.4 Å². The van der Waals surface area contributed by atoms with Gasteiger partial charge >= 0.3 is 6.18 Å². The molecule has 21 heavy (non-hydrogen) atoms. The van der Waals surface area contributed by atoms with Crippen molar-refractivity contribution >= 4 is 11.6 Å². The van der Waals surface area contributed by atoms with Gasteiger partial charge in [0.2, 0.25) is 0 Å². The van der Waals surface area contributed by atoms with Gasteiger partial charge in [0.1, 0.15) is 18.2 Å². The van der Waals surface area contributed by atoms with Gasteiger partial charge in [-0.05, 0) is 6.92 Å². The lowest BCUT2D eigenvalue weighted by molar-refractivity contribution is -0.119. The minimum absolute atomic E-state index is 0.138. The minimum atomic E-state index is -4.30. The van der Waals surface area contributed by atoms with Gasteiger partial charge in [0.05, 0.1) is 0 Å². The molecule has 2 N–H and O–H groups in total. The number of nitrogen functional groups attached to an aromatic ring is 1. The van der Waals surface area contributed by atoms with E-state index < -0.39 is 12.7 Å². The highest BCUT2D eigenvalue weighted by atomic mass is 19.4. The molecule has 1 aromatic carbocycles. The average molecular weight is 296 g/mol. The lowest BCUT2D eigenvalue weighted by atomic mass is 10.2. The summed E-state index contributed by atoms with van der Waals surface area (Å²) in [7, 11) is 0. The van der Waals surface area contributed by atoms with Crippen LogP contribution in [0.1, 0.15) is 6.92 Å². The van der Waals surface area contributed by atoms with Gasteiger partial charge in [0.15, 0.2) is 5.82 Å². The Morgan fingerprint density at radius 2 is 1.81 bits per heavy atom. The summed E-state index contributed by atoms with van der Waals surface area (Å²) in [6.45, 7) is 0.727. The van der Waals surface area contributed by atoms with Crippen molar-refractivity contribution in [2.24, 2.45) is 0 Å². The molecule has 1 heterocycles. The number of hydrogen-bond donors (Lipinski definition) is 1. The van der Waals surface area contributed by atoms with Crippen LogP contribution < -0.4 is 10.6 Å². The van der Waals surface area contributed by atoms with Crippen LogP contribution in [0, 0.1) is 0 Å². The van der Waals surface area contributed by atoms with Gasteiger partial charge in [-0.25, -0.2) is 9.97 Å². The van der Waals surface area contributed by atoms with E-state index in [1.165, 1.54) is 6.07 Å². The SMILES string of the molecule is CCN(CC(F)(F)F)c1cc(N)nc(-c2ccccc2)n1. The number of aromatic nitrogens is 2. The van der Waals surface area contributed by atoms with Gasteiger partial charge in [0, 0.05) is 18.2 Å². The van der Waals surface area contributed by atoms with E-state index in [0.717, 1.165) is 4.90 Å². The highest BCUT2D eigenvalue weighted by Gasteiger charge is 2.31. The molecule has 0 aliphatic carbocycles. The molecule has 0 fully saturated rings. The summed E-state index contributed by atoms with van der Waals surface area (Å²) in [6.07, 6.45) is -4.30. The summed E-state index contributed by atoms with van der Waals surface area (Å²) >= 11 is 0. The standard InChI is InChI=1S/C14H15F3N4/c1-2-21(9-14(15,16)17)12-8-11(18)19-13(20-12)10-6-4-3-5-7-10/h3-8H,2,9H2,1H3,(H2,18,19,20). The molecular formula is C14H15F3N4. The number of halogens is 3. The van der Waals surface area contributed by atoms with Crippen LogP contribution >= 0.6 is 0 Å². The molecule has 0 amide bonds. The Morgan fingerprint density at radius 3 is 2.38 bits per heavy atom. The molecule has 4 nitrogen and oxygen atoms in total. The van der Waals surface area contributed by atoms with Crippen LogP contribution in [0.3, 0.4) is 0 Å². The first-order chi connectivity index (χ1) is 9.89. The number of hydrogen-bond acceptors (Lipinski definition) is 4. The monoisotopic (exact) mass is 296 g/mol. The van der Waals surface area contributed by atoms with Gasteiger partial charge < -0.3 is 10.6 Å². The molecule has 0 aliphatic heterocycles. The quantitative estimate of drug-likeness (QED) is 0.942. The topological polar surface area (TPSA) is 55.0 Å². The van der Waals surface area contributed by atoms with Crippen LogP contribution in [0.25, 0.3) is 11.4 Å². The first kappa shape index (κ1) is 15.1. The third-order valence-electron chi connectivity index (χ3n) is 2.84. The van der Waals surface area contributed by atoms with E-state index in [4.69, 9.17) is 5.73 Å². The minimum Gasteiger partial charge on any atom is -0.384 e. The summed E-state index contributed by atoms with van der Waals surface area (Å²) in [6, 6.07) is 10.3. The van der Waals surface area contributed by atoms with Crippen molar-refractivity contribution in [3.63, 3.8) is 0 Å². The van der Waals surface area contributed by atoms with Crippen molar-refractivity contribution < 1.29 is 13.2 Å². The summed E-state index contributed by atoms with van der Waals surface area (Å²) < 4.78 is 37.8. The smallest absolute Gasteiger partial charge is 0.384 e. The highest BCUT2D eigenvalue weighted by molar-refractivity contribution is 5.60. The van der Waals surface area contributed by atoms with E-state index >= 15 is 0 Å². The first-order valence-corrected chi connectivity index (χ1v) is 6.40. The number of anilines is 2. The van der Waals surface area contributed by atoms with Gasteiger partial charge in [0.25, 0.3) is 0 Å². The van der Waals surface area contributed by atoms with Gasteiger partial charge in [-0.1, -0.05) is 30.3 Å². The molecule has 112 valence electrons. The highest BCUT2D eigenvalue weighted by Crippen LogP contribution is 2.24. The number of alkyl halides is 3. The third kappa shape index (κ3) is 4.08. The number of nitrogens with two attached hydrogens (primary N) is 1. The van der Waals surface area contributed by atoms with E-state index in [2.05, 4.69) is 9.97 Å². The Morgan fingerprint density at radius 1 is 1.14 bits per heavy atom. The molecule has 0 atom stereocenters. The molecular weight excluding hydrogens is 281 g/mol. The van der Waals surface area contributed by atoms with Gasteiger partial charge in [-0.15, -0.1) is 0 Å². The molecule has 1 aromatic heterocycles. The number of nitrogens with zero attached hydrogens (tertiary/aromatic N) is 3. The Bertz CT molecular complexity index is 599. The van der Waals surface area contributed by atoms with Crippen molar-refractivity contribution in [1.29, 1.82) is 0 Å². The average Bonchev–Trinajstić information content (AvgIpc) is 2.44. The van der Waals surface area contributed by atoms with Crippen molar-refractivity contribution in [2.75, 3.05) is 23.7 Å². The van der Waals surface area contributed by atoms with Crippen LogP contribution in [0.15, 0.2) is 36.4 Å². The summed E-state index contributed by atoms with van der Waals surface area (Å²) in [5, 5.41) is 0. The van der Waals surface area contributed by atoms with E-state index in [1.54, 1.807) is 31.2 Å². The normalized spacial score (nSPS) is 11.4. The second-order valence-corrected chi connectivity index (χ2v) is 4.47. The Hall–Kier alpha value is -2.31. The van der Waals surface area contributed by atoms with Gasteiger partial charge in [-0.3, -0.25) is 0 Å². The summed E-state index contributed by atoms with van der Waals surface area (Å²) in [5.74, 6) is 0.617. The maximum Gasteiger partial charge on any atom is 0.405 e. The van der Waals surface area contributed by atoms with E-state index in [1.807, 2.05) is 6.07 Å². The van der Waals surface area contributed by atoms with Crippen LogP contribution in [-0.4, -0.2) is 29.2 Å². The third-order valence-corrected chi connectivity index (χ3v) is 2.84. The largest absolute Gasteiger partial charge is 0.405 e. The molecule has 0 unspecified atom stereocenters. The van der Waals surface area contributed by atoms with Crippen LogP contribution in [0.5, 0.6) is 0 Å². The molecule has 0 bridgehead atoms. The fourth-order valence-corrected chi connectivity index (χ4v) is 1.90. The molecule has 2 rings (SSSR count). The molecule has 0 saturated carbocycles. The van der Waals surface area contributed by atoms with Crippen molar-refractivity contribution in [1.82, 2.24) is 9.97 Å². The molecule has 2 aromatic rings. The van der Waals surface area contributed by atoms with Crippen LogP contribution in [-0.2, 0) is 0 Å². The maximum absolute atomic E-state index is 12.6. The van der Waals surface area contributed by atoms with Crippen molar-refractivity contribution in [3.8, 4) is 11.4 Å². The molecule has 0 radical (unpaired) electrons. The molecule has 0 spiro atoms. The predicted octanol–water partition coefficient (Wildman–Crippen LogP) is 3.11. The molecule has 7 heteroatoms. The second kappa shape index (κ2) is 5.99. The van der Waals surface area contributed by atoms with Crippen molar-refractivity contribution in [2.45, 2.75) is 13.1 Å². The number of benzene rings is 1. The van der Waals surface area contributed by atoms with Gasteiger partial charge in [-0.2, -0.15) is 13.2 Å². The van der Waals surface area contributed by atoms with Crippen LogP contribution in [0.4, 0.5) is 24.8 Å². The van der Waals surface area contributed by atoms with Crippen LogP contribution in [0.2, 0.25) is 0 Å². The Kier molecular flexibility index (Phi) is 4.30. The lowest BCUT2D eigenvalue weighted by Gasteiger charge is -2.23. The zero-order chi connectivity index (χ0) is 15.5. The Labute approximate surface area is 120 Å². The zero-order valence-corrected chi connectivity index (χ0v) is 11.4. The summed E-state index contributed by atoms with van der Waals surface area (Å²) in [5.41, 5.74) is 6.40. The number of rotatable bonds is 4. The zero-order valence-electron chi connectivity index (χ0n) is 11.4.